The van der Waals surface area contributed by atoms with Gasteiger partial charge in [0.2, 0.25) is 0 Å². The molecule has 0 aliphatic carbocycles. The van der Waals surface area contributed by atoms with Crippen molar-refractivity contribution in [1.82, 2.24) is 5.32 Å². The molecule has 7 heteroatoms. The Balaban J connectivity index is 2.16. The maximum absolute atomic E-state index is 11.3. The number of hydrogen-bond acceptors (Lipinski definition) is 5. The van der Waals surface area contributed by atoms with Gasteiger partial charge in [-0.15, -0.1) is 11.3 Å². The highest BCUT2D eigenvalue weighted by molar-refractivity contribution is 7.12. The SMILES string of the molecule is CC(C)(C)OC(=O)NCCCOc1csc(C(=O)O)c1. The van der Waals surface area contributed by atoms with Crippen molar-refractivity contribution in [3.8, 4) is 5.75 Å². The molecule has 20 heavy (non-hydrogen) atoms. The number of thiophene rings is 1. The van der Waals surface area contributed by atoms with Gasteiger partial charge in [-0.2, -0.15) is 0 Å². The average molecular weight is 301 g/mol. The standard InChI is InChI=1S/C13H19NO5S/c1-13(2,3)19-12(17)14-5-4-6-18-9-7-10(11(15)16)20-8-9/h7-8H,4-6H2,1-3H3,(H,14,17)(H,15,16). The van der Waals surface area contributed by atoms with E-state index in [9.17, 15) is 9.59 Å². The molecule has 0 radical (unpaired) electrons. The molecule has 0 spiro atoms. The third-order valence-electron chi connectivity index (χ3n) is 2.04. The fourth-order valence-corrected chi connectivity index (χ4v) is 1.94. The van der Waals surface area contributed by atoms with Gasteiger partial charge < -0.3 is 19.9 Å². The van der Waals surface area contributed by atoms with Gasteiger partial charge in [0.1, 0.15) is 16.2 Å². The normalized spacial score (nSPS) is 10.9. The fourth-order valence-electron chi connectivity index (χ4n) is 1.27. The highest BCUT2D eigenvalue weighted by atomic mass is 32.1. The summed E-state index contributed by atoms with van der Waals surface area (Å²) in [5.74, 6) is -0.430. The number of nitrogens with one attached hydrogen (secondary N) is 1. The second-order valence-corrected chi connectivity index (χ2v) is 5.99. The van der Waals surface area contributed by atoms with E-state index in [4.69, 9.17) is 14.6 Å². The number of carbonyl (C=O) groups excluding carboxylic acids is 1. The van der Waals surface area contributed by atoms with Crippen LogP contribution in [-0.2, 0) is 4.74 Å². The summed E-state index contributed by atoms with van der Waals surface area (Å²) in [7, 11) is 0. The van der Waals surface area contributed by atoms with Crippen molar-refractivity contribution in [2.24, 2.45) is 0 Å². The average Bonchev–Trinajstić information content (AvgIpc) is 2.75. The van der Waals surface area contributed by atoms with Crippen LogP contribution >= 0.6 is 11.3 Å². The van der Waals surface area contributed by atoms with Crippen LogP contribution in [0.25, 0.3) is 0 Å². The van der Waals surface area contributed by atoms with E-state index < -0.39 is 17.7 Å². The molecule has 1 rings (SSSR count). The lowest BCUT2D eigenvalue weighted by atomic mass is 10.2. The molecule has 0 unspecified atom stereocenters. The smallest absolute Gasteiger partial charge is 0.407 e. The van der Waals surface area contributed by atoms with E-state index in [0.29, 0.717) is 25.3 Å². The number of alkyl carbamates (subject to hydrolysis) is 1. The highest BCUT2D eigenvalue weighted by Crippen LogP contribution is 2.21. The van der Waals surface area contributed by atoms with E-state index in [1.165, 1.54) is 6.07 Å². The summed E-state index contributed by atoms with van der Waals surface area (Å²) in [6, 6.07) is 1.48. The van der Waals surface area contributed by atoms with Crippen molar-refractivity contribution < 1.29 is 24.2 Å². The first kappa shape index (κ1) is 16.3. The summed E-state index contributed by atoms with van der Waals surface area (Å²) in [4.78, 5) is 22.2. The Morgan fingerprint density at radius 2 is 2.10 bits per heavy atom. The molecular weight excluding hydrogens is 282 g/mol. The van der Waals surface area contributed by atoms with Gasteiger partial charge in [0.25, 0.3) is 0 Å². The Hall–Kier alpha value is -1.76. The minimum atomic E-state index is -0.962. The first-order chi connectivity index (χ1) is 9.28. The Bertz CT molecular complexity index is 464. The number of aromatic carboxylic acids is 1. The summed E-state index contributed by atoms with van der Waals surface area (Å²) in [5, 5.41) is 13.0. The number of hydrogen-bond donors (Lipinski definition) is 2. The summed E-state index contributed by atoms with van der Waals surface area (Å²) >= 11 is 1.12. The van der Waals surface area contributed by atoms with Crippen molar-refractivity contribution in [1.29, 1.82) is 0 Å². The van der Waals surface area contributed by atoms with Gasteiger partial charge in [0.15, 0.2) is 0 Å². The van der Waals surface area contributed by atoms with Crippen LogP contribution in [0.4, 0.5) is 4.79 Å². The minimum Gasteiger partial charge on any atom is -0.493 e. The Morgan fingerprint density at radius 1 is 1.40 bits per heavy atom. The highest BCUT2D eigenvalue weighted by Gasteiger charge is 2.15. The lowest BCUT2D eigenvalue weighted by Crippen LogP contribution is -2.33. The third kappa shape index (κ3) is 6.42. The van der Waals surface area contributed by atoms with E-state index in [2.05, 4.69) is 5.32 Å². The predicted octanol–water partition coefficient (Wildman–Crippen LogP) is 2.74. The molecular formula is C13H19NO5S. The molecule has 6 nitrogen and oxygen atoms in total. The van der Waals surface area contributed by atoms with Crippen LogP contribution in [0.1, 0.15) is 36.9 Å². The summed E-state index contributed by atoms with van der Waals surface area (Å²) in [6.07, 6.45) is 0.151. The van der Waals surface area contributed by atoms with Gasteiger partial charge in [-0.3, -0.25) is 0 Å². The van der Waals surface area contributed by atoms with Crippen LogP contribution in [-0.4, -0.2) is 35.9 Å². The Morgan fingerprint density at radius 3 is 2.65 bits per heavy atom. The summed E-state index contributed by atoms with van der Waals surface area (Å²) < 4.78 is 10.5. The van der Waals surface area contributed by atoms with Crippen LogP contribution in [0.3, 0.4) is 0 Å². The van der Waals surface area contributed by atoms with Gasteiger partial charge in [0.05, 0.1) is 6.61 Å². The Labute approximate surface area is 121 Å². The predicted molar refractivity (Wildman–Crippen MR) is 75.6 cm³/mol. The fraction of sp³-hybridized carbons (Fsp3) is 0.538. The molecule has 0 saturated carbocycles. The van der Waals surface area contributed by atoms with Crippen LogP contribution in [0.15, 0.2) is 11.4 Å². The largest absolute Gasteiger partial charge is 0.493 e. The number of ether oxygens (including phenoxy) is 2. The van der Waals surface area contributed by atoms with E-state index in [1.54, 1.807) is 26.2 Å². The van der Waals surface area contributed by atoms with Gasteiger partial charge in [-0.1, -0.05) is 0 Å². The third-order valence-corrected chi connectivity index (χ3v) is 2.94. The van der Waals surface area contributed by atoms with Crippen molar-refractivity contribution in [3.05, 3.63) is 16.3 Å². The minimum absolute atomic E-state index is 0.242. The molecule has 112 valence electrons. The topological polar surface area (TPSA) is 84.9 Å². The number of rotatable bonds is 6. The molecule has 0 fully saturated rings. The van der Waals surface area contributed by atoms with E-state index in [1.807, 2.05) is 0 Å². The van der Waals surface area contributed by atoms with E-state index in [0.717, 1.165) is 11.3 Å². The number of amides is 1. The van der Waals surface area contributed by atoms with Gasteiger partial charge >= 0.3 is 12.1 Å². The van der Waals surface area contributed by atoms with Crippen LogP contribution in [0, 0.1) is 0 Å². The molecule has 0 aromatic carbocycles. The Kier molecular flexibility index (Phi) is 5.82. The molecule has 0 aliphatic heterocycles. The first-order valence-corrected chi connectivity index (χ1v) is 7.07. The second kappa shape index (κ2) is 7.14. The lowest BCUT2D eigenvalue weighted by Gasteiger charge is -2.19. The van der Waals surface area contributed by atoms with Gasteiger partial charge in [-0.25, -0.2) is 9.59 Å². The zero-order chi connectivity index (χ0) is 15.2. The second-order valence-electron chi connectivity index (χ2n) is 5.08. The molecule has 1 heterocycles. The molecule has 0 aliphatic rings. The zero-order valence-corrected chi connectivity index (χ0v) is 12.6. The van der Waals surface area contributed by atoms with Crippen molar-refractivity contribution in [3.63, 3.8) is 0 Å². The van der Waals surface area contributed by atoms with E-state index >= 15 is 0 Å². The molecule has 0 saturated heterocycles. The molecule has 1 aromatic heterocycles. The van der Waals surface area contributed by atoms with E-state index in [-0.39, 0.29) is 4.88 Å². The van der Waals surface area contributed by atoms with Gasteiger partial charge in [-0.05, 0) is 27.2 Å². The van der Waals surface area contributed by atoms with Gasteiger partial charge in [0, 0.05) is 18.0 Å². The molecule has 0 bridgehead atoms. The lowest BCUT2D eigenvalue weighted by molar-refractivity contribution is 0.0524. The van der Waals surface area contributed by atoms with Crippen LogP contribution < -0.4 is 10.1 Å². The quantitative estimate of drug-likeness (QED) is 0.789. The maximum Gasteiger partial charge on any atom is 0.407 e. The van der Waals surface area contributed by atoms with Crippen molar-refractivity contribution in [2.75, 3.05) is 13.2 Å². The molecule has 0 atom stereocenters. The zero-order valence-electron chi connectivity index (χ0n) is 11.8. The van der Waals surface area contributed by atoms with Crippen molar-refractivity contribution >= 4 is 23.4 Å². The number of carboxylic acids is 1. The van der Waals surface area contributed by atoms with Crippen LogP contribution in [0.2, 0.25) is 0 Å². The molecule has 2 N–H and O–H groups in total. The summed E-state index contributed by atoms with van der Waals surface area (Å²) in [5.41, 5.74) is -0.509. The van der Waals surface area contributed by atoms with Crippen LogP contribution in [0.5, 0.6) is 5.75 Å². The van der Waals surface area contributed by atoms with Crippen molar-refractivity contribution in [2.45, 2.75) is 32.8 Å². The molecule has 1 aromatic rings. The number of carbonyl (C=O) groups is 2. The molecule has 1 amide bonds. The number of carboxylic acid groups (broad SMARTS) is 1. The maximum atomic E-state index is 11.3. The monoisotopic (exact) mass is 301 g/mol. The first-order valence-electron chi connectivity index (χ1n) is 6.19. The summed E-state index contributed by atoms with van der Waals surface area (Å²) in [6.45, 7) is 6.22.